The van der Waals surface area contributed by atoms with Crippen LogP contribution in [0, 0.1) is 17.8 Å². The molecular weight excluding hydrogens is 280 g/mol. The van der Waals surface area contributed by atoms with E-state index < -0.39 is 0 Å². The van der Waals surface area contributed by atoms with E-state index in [2.05, 4.69) is 26.0 Å². The van der Waals surface area contributed by atoms with E-state index in [0.717, 1.165) is 24.4 Å². The van der Waals surface area contributed by atoms with E-state index >= 15 is 0 Å². The molecule has 1 nitrogen and oxygen atoms in total. The minimum absolute atomic E-state index is 0.582. The van der Waals surface area contributed by atoms with Crippen LogP contribution in [0.1, 0.15) is 97.3 Å². The standard InChI is InChI=1S/C22H40O/c1-3-5-7-19-8-10-20(11-9-19)12-13-21-14-16-22(17-15-21)23-18-6-4-2/h5,7,19-22H,3-4,6,8-18H2,1-2H3/t19-,20-,21-,22-. The summed E-state index contributed by atoms with van der Waals surface area (Å²) in [4.78, 5) is 0. The molecule has 0 N–H and O–H groups in total. The summed E-state index contributed by atoms with van der Waals surface area (Å²) in [6.45, 7) is 5.47. The second kappa shape index (κ2) is 11.3. The van der Waals surface area contributed by atoms with E-state index in [0.29, 0.717) is 6.10 Å². The second-order valence-corrected chi connectivity index (χ2v) is 8.06. The van der Waals surface area contributed by atoms with Gasteiger partial charge in [-0.1, -0.05) is 45.3 Å². The van der Waals surface area contributed by atoms with Gasteiger partial charge in [-0.05, 0) is 82.0 Å². The first-order valence-electron chi connectivity index (χ1n) is 10.6. The molecule has 2 aliphatic carbocycles. The molecule has 1 heteroatoms. The van der Waals surface area contributed by atoms with Crippen molar-refractivity contribution in [2.45, 2.75) is 103 Å². The highest BCUT2D eigenvalue weighted by Gasteiger charge is 2.24. The Hall–Kier alpha value is -0.300. The van der Waals surface area contributed by atoms with Gasteiger partial charge < -0.3 is 4.74 Å². The van der Waals surface area contributed by atoms with Gasteiger partial charge in [0.05, 0.1) is 6.10 Å². The molecule has 0 saturated heterocycles. The molecule has 2 fully saturated rings. The average Bonchev–Trinajstić information content (AvgIpc) is 2.60. The third-order valence-corrected chi connectivity index (χ3v) is 6.16. The molecular formula is C22H40O. The van der Waals surface area contributed by atoms with Crippen LogP contribution in [0.4, 0.5) is 0 Å². The molecule has 0 aromatic rings. The molecule has 23 heavy (non-hydrogen) atoms. The average molecular weight is 321 g/mol. The molecule has 2 saturated carbocycles. The van der Waals surface area contributed by atoms with Crippen LogP contribution in [0.15, 0.2) is 12.2 Å². The minimum Gasteiger partial charge on any atom is -0.378 e. The van der Waals surface area contributed by atoms with Gasteiger partial charge in [-0.15, -0.1) is 0 Å². The van der Waals surface area contributed by atoms with Crippen molar-refractivity contribution in [2.24, 2.45) is 17.8 Å². The van der Waals surface area contributed by atoms with Gasteiger partial charge in [0.2, 0.25) is 0 Å². The van der Waals surface area contributed by atoms with Crippen molar-refractivity contribution in [2.75, 3.05) is 6.61 Å². The summed E-state index contributed by atoms with van der Waals surface area (Å²) in [6.07, 6.45) is 23.4. The summed E-state index contributed by atoms with van der Waals surface area (Å²) >= 11 is 0. The van der Waals surface area contributed by atoms with Crippen molar-refractivity contribution >= 4 is 0 Å². The number of ether oxygens (including phenoxy) is 1. The van der Waals surface area contributed by atoms with E-state index in [1.165, 1.54) is 83.5 Å². The van der Waals surface area contributed by atoms with Crippen molar-refractivity contribution in [3.63, 3.8) is 0 Å². The third-order valence-electron chi connectivity index (χ3n) is 6.16. The molecule has 0 atom stereocenters. The highest BCUT2D eigenvalue weighted by Crippen LogP contribution is 2.36. The summed E-state index contributed by atoms with van der Waals surface area (Å²) in [6, 6.07) is 0. The zero-order valence-corrected chi connectivity index (χ0v) is 15.8. The Kier molecular flexibility index (Phi) is 9.34. The maximum Gasteiger partial charge on any atom is 0.0575 e. The summed E-state index contributed by atoms with van der Waals surface area (Å²) in [7, 11) is 0. The smallest absolute Gasteiger partial charge is 0.0575 e. The van der Waals surface area contributed by atoms with E-state index in [-0.39, 0.29) is 0 Å². The predicted octanol–water partition coefficient (Wildman–Crippen LogP) is 6.91. The fourth-order valence-corrected chi connectivity index (χ4v) is 4.45. The Balaban J connectivity index is 1.53. The van der Waals surface area contributed by atoms with Crippen LogP contribution in [0.2, 0.25) is 0 Å². The topological polar surface area (TPSA) is 9.23 Å². The molecule has 0 unspecified atom stereocenters. The maximum absolute atomic E-state index is 6.00. The van der Waals surface area contributed by atoms with Crippen LogP contribution >= 0.6 is 0 Å². The molecule has 0 amide bonds. The number of rotatable bonds is 9. The lowest BCUT2D eigenvalue weighted by Crippen LogP contribution is -2.23. The first-order chi connectivity index (χ1) is 11.3. The summed E-state index contributed by atoms with van der Waals surface area (Å²) in [5.74, 6) is 2.92. The van der Waals surface area contributed by atoms with Gasteiger partial charge in [0, 0.05) is 6.61 Å². The lowest BCUT2D eigenvalue weighted by atomic mass is 9.77. The van der Waals surface area contributed by atoms with E-state index in [1.807, 2.05) is 0 Å². The molecule has 0 radical (unpaired) electrons. The summed E-state index contributed by atoms with van der Waals surface area (Å²) in [5.41, 5.74) is 0. The number of hydrogen-bond donors (Lipinski definition) is 0. The summed E-state index contributed by atoms with van der Waals surface area (Å²) < 4.78 is 6.00. The molecule has 0 bridgehead atoms. The first kappa shape index (κ1) is 19.0. The quantitative estimate of drug-likeness (QED) is 0.331. The predicted molar refractivity (Wildman–Crippen MR) is 101 cm³/mol. The van der Waals surface area contributed by atoms with Crippen LogP contribution in [0.25, 0.3) is 0 Å². The van der Waals surface area contributed by atoms with Gasteiger partial charge in [0.1, 0.15) is 0 Å². The highest BCUT2D eigenvalue weighted by molar-refractivity contribution is 4.90. The van der Waals surface area contributed by atoms with Gasteiger partial charge in [0.25, 0.3) is 0 Å². The minimum atomic E-state index is 0.582. The Bertz CT molecular complexity index is 306. The lowest BCUT2D eigenvalue weighted by molar-refractivity contribution is 0.0151. The SMILES string of the molecule is CCC=C[C@H]1CC[C@H](CC[C@H]2CC[C@H](OCCCC)CC2)CC1. The van der Waals surface area contributed by atoms with Crippen molar-refractivity contribution in [1.82, 2.24) is 0 Å². The summed E-state index contributed by atoms with van der Waals surface area (Å²) in [5, 5.41) is 0. The zero-order valence-electron chi connectivity index (χ0n) is 15.8. The molecule has 0 aliphatic heterocycles. The normalized spacial score (nSPS) is 32.4. The Labute approximate surface area is 145 Å². The molecule has 134 valence electrons. The molecule has 0 aromatic carbocycles. The van der Waals surface area contributed by atoms with E-state index in [9.17, 15) is 0 Å². The molecule has 2 aliphatic rings. The zero-order chi connectivity index (χ0) is 16.3. The second-order valence-electron chi connectivity index (χ2n) is 8.06. The van der Waals surface area contributed by atoms with Crippen LogP contribution in [0.3, 0.4) is 0 Å². The van der Waals surface area contributed by atoms with Crippen molar-refractivity contribution in [3.8, 4) is 0 Å². The fraction of sp³-hybridized carbons (Fsp3) is 0.909. The van der Waals surface area contributed by atoms with Gasteiger partial charge in [0.15, 0.2) is 0 Å². The van der Waals surface area contributed by atoms with Crippen LogP contribution < -0.4 is 0 Å². The Morgan fingerprint density at radius 1 is 0.826 bits per heavy atom. The third kappa shape index (κ3) is 7.42. The van der Waals surface area contributed by atoms with Gasteiger partial charge >= 0.3 is 0 Å². The van der Waals surface area contributed by atoms with E-state index in [1.54, 1.807) is 0 Å². The maximum atomic E-state index is 6.00. The monoisotopic (exact) mass is 320 g/mol. The van der Waals surface area contributed by atoms with Gasteiger partial charge in [-0.3, -0.25) is 0 Å². The van der Waals surface area contributed by atoms with Crippen molar-refractivity contribution in [3.05, 3.63) is 12.2 Å². The number of allylic oxidation sites excluding steroid dienone is 2. The Morgan fingerprint density at radius 2 is 1.43 bits per heavy atom. The van der Waals surface area contributed by atoms with Crippen LogP contribution in [-0.2, 0) is 4.74 Å². The number of hydrogen-bond acceptors (Lipinski definition) is 1. The van der Waals surface area contributed by atoms with E-state index in [4.69, 9.17) is 4.74 Å². The first-order valence-corrected chi connectivity index (χ1v) is 10.6. The van der Waals surface area contributed by atoms with Crippen LogP contribution in [-0.4, -0.2) is 12.7 Å². The van der Waals surface area contributed by atoms with Gasteiger partial charge in [-0.2, -0.15) is 0 Å². The largest absolute Gasteiger partial charge is 0.378 e. The van der Waals surface area contributed by atoms with Crippen LogP contribution in [0.5, 0.6) is 0 Å². The van der Waals surface area contributed by atoms with Crippen molar-refractivity contribution < 1.29 is 4.74 Å². The molecule has 0 aromatic heterocycles. The highest BCUT2D eigenvalue weighted by atomic mass is 16.5. The number of unbranched alkanes of at least 4 members (excludes halogenated alkanes) is 1. The Morgan fingerprint density at radius 3 is 2.00 bits per heavy atom. The fourth-order valence-electron chi connectivity index (χ4n) is 4.45. The van der Waals surface area contributed by atoms with Crippen molar-refractivity contribution in [1.29, 1.82) is 0 Å². The van der Waals surface area contributed by atoms with Gasteiger partial charge in [-0.25, -0.2) is 0 Å². The molecule has 2 rings (SSSR count). The molecule has 0 heterocycles. The molecule has 0 spiro atoms. The lowest BCUT2D eigenvalue weighted by Gasteiger charge is -2.31.